The van der Waals surface area contributed by atoms with Gasteiger partial charge in [0.2, 0.25) is 0 Å². The Balaban J connectivity index is 2.79. The summed E-state index contributed by atoms with van der Waals surface area (Å²) >= 11 is 1.53. The number of carbonyl (C=O) groups is 2. The molecular weight excluding hydrogens is 226 g/mol. The summed E-state index contributed by atoms with van der Waals surface area (Å²) in [7, 11) is 0. The van der Waals surface area contributed by atoms with Gasteiger partial charge < -0.3 is 10.4 Å². The van der Waals surface area contributed by atoms with Crippen LogP contribution in [-0.2, 0) is 4.79 Å². The summed E-state index contributed by atoms with van der Waals surface area (Å²) in [5.74, 6) is -1.31. The van der Waals surface area contributed by atoms with Crippen LogP contribution >= 0.6 is 11.3 Å². The fourth-order valence-corrected chi connectivity index (χ4v) is 2.35. The van der Waals surface area contributed by atoms with E-state index < -0.39 is 12.0 Å². The Morgan fingerprint density at radius 1 is 1.50 bits per heavy atom. The van der Waals surface area contributed by atoms with Crippen LogP contribution in [0.1, 0.15) is 33.5 Å². The molecule has 1 heterocycles. The minimum Gasteiger partial charge on any atom is -0.480 e. The van der Waals surface area contributed by atoms with Gasteiger partial charge in [-0.2, -0.15) is 0 Å². The molecule has 0 aromatic carbocycles. The zero-order chi connectivity index (χ0) is 12.3. The molecule has 0 radical (unpaired) electrons. The summed E-state index contributed by atoms with van der Waals surface area (Å²) in [6.07, 6.45) is 0.378. The smallest absolute Gasteiger partial charge is 0.326 e. The molecule has 0 fully saturated rings. The molecule has 1 atom stereocenters. The van der Waals surface area contributed by atoms with E-state index in [1.54, 1.807) is 13.0 Å². The standard InChI is InChI=1S/C11H15NO3S/c1-4-9(11(14)15)12-10(13)8-5-6(2)16-7(8)3/h5,9H,4H2,1-3H3,(H,12,13)(H,14,15)/t9-/m0/s1. The maximum Gasteiger partial charge on any atom is 0.326 e. The van der Waals surface area contributed by atoms with Gasteiger partial charge in [-0.3, -0.25) is 4.79 Å². The van der Waals surface area contributed by atoms with Gasteiger partial charge in [0, 0.05) is 9.75 Å². The van der Waals surface area contributed by atoms with Gasteiger partial charge in [0.15, 0.2) is 0 Å². The average Bonchev–Trinajstić information content (AvgIpc) is 2.53. The van der Waals surface area contributed by atoms with Gasteiger partial charge in [0.25, 0.3) is 5.91 Å². The number of hydrogen-bond donors (Lipinski definition) is 2. The molecular formula is C11H15NO3S. The number of thiophene rings is 1. The van der Waals surface area contributed by atoms with Crippen molar-refractivity contribution in [2.24, 2.45) is 0 Å². The highest BCUT2D eigenvalue weighted by Crippen LogP contribution is 2.20. The molecule has 0 aliphatic carbocycles. The lowest BCUT2D eigenvalue weighted by Gasteiger charge is -2.11. The van der Waals surface area contributed by atoms with Gasteiger partial charge in [-0.1, -0.05) is 6.92 Å². The molecule has 0 aliphatic heterocycles. The van der Waals surface area contributed by atoms with Crippen molar-refractivity contribution in [3.05, 3.63) is 21.4 Å². The largest absolute Gasteiger partial charge is 0.480 e. The molecule has 5 heteroatoms. The average molecular weight is 241 g/mol. The molecule has 0 aliphatic rings. The third-order valence-corrected chi connectivity index (χ3v) is 3.26. The monoisotopic (exact) mass is 241 g/mol. The van der Waals surface area contributed by atoms with Crippen LogP contribution in [0.3, 0.4) is 0 Å². The predicted octanol–water partition coefficient (Wildman–Crippen LogP) is 1.96. The van der Waals surface area contributed by atoms with Crippen LogP contribution < -0.4 is 5.32 Å². The number of hydrogen-bond acceptors (Lipinski definition) is 3. The number of carboxylic acid groups (broad SMARTS) is 1. The molecule has 0 unspecified atom stereocenters. The first-order valence-corrected chi connectivity index (χ1v) is 5.88. The van der Waals surface area contributed by atoms with Gasteiger partial charge in [0.05, 0.1) is 5.56 Å². The highest BCUT2D eigenvalue weighted by atomic mass is 32.1. The second kappa shape index (κ2) is 5.12. The molecule has 1 aromatic heterocycles. The number of carboxylic acids is 1. The van der Waals surface area contributed by atoms with Gasteiger partial charge in [0.1, 0.15) is 6.04 Å². The summed E-state index contributed by atoms with van der Waals surface area (Å²) in [6.45, 7) is 5.50. The summed E-state index contributed by atoms with van der Waals surface area (Å²) in [5.41, 5.74) is 0.571. The third-order valence-electron chi connectivity index (χ3n) is 2.30. The Labute approximate surface area is 98.3 Å². The Hall–Kier alpha value is -1.36. The molecule has 0 saturated heterocycles. The van der Waals surface area contributed by atoms with Gasteiger partial charge in [-0.15, -0.1) is 11.3 Å². The predicted molar refractivity (Wildman–Crippen MR) is 63.0 cm³/mol. The Bertz CT molecular complexity index is 411. The first kappa shape index (κ1) is 12.7. The number of amides is 1. The zero-order valence-corrected chi connectivity index (χ0v) is 10.4. The first-order valence-electron chi connectivity index (χ1n) is 5.06. The fraction of sp³-hybridized carbons (Fsp3) is 0.455. The van der Waals surface area contributed by atoms with Crippen molar-refractivity contribution in [2.75, 3.05) is 0 Å². The highest BCUT2D eigenvalue weighted by Gasteiger charge is 2.20. The number of aliphatic carboxylic acids is 1. The number of aryl methyl sites for hydroxylation is 2. The normalized spacial score (nSPS) is 12.2. The van der Waals surface area contributed by atoms with Crippen LogP contribution in [0.5, 0.6) is 0 Å². The summed E-state index contributed by atoms with van der Waals surface area (Å²) in [4.78, 5) is 24.5. The minimum absolute atomic E-state index is 0.309. The summed E-state index contributed by atoms with van der Waals surface area (Å²) in [6, 6.07) is 0.969. The van der Waals surface area contributed by atoms with Crippen molar-refractivity contribution in [1.82, 2.24) is 5.32 Å². The molecule has 16 heavy (non-hydrogen) atoms. The second-order valence-electron chi connectivity index (χ2n) is 3.60. The van der Waals surface area contributed by atoms with Crippen molar-refractivity contribution < 1.29 is 14.7 Å². The van der Waals surface area contributed by atoms with E-state index in [9.17, 15) is 9.59 Å². The third kappa shape index (κ3) is 2.82. The molecule has 0 spiro atoms. The fourth-order valence-electron chi connectivity index (χ4n) is 1.43. The van der Waals surface area contributed by atoms with E-state index in [0.717, 1.165) is 9.75 Å². The summed E-state index contributed by atoms with van der Waals surface area (Å²) in [5, 5.41) is 11.3. The minimum atomic E-state index is -1.000. The molecule has 1 amide bonds. The molecule has 1 aromatic rings. The SMILES string of the molecule is CC[C@H](NC(=O)c1cc(C)sc1C)C(=O)O. The number of rotatable bonds is 4. The van der Waals surface area contributed by atoms with Gasteiger partial charge in [-0.05, 0) is 26.3 Å². The van der Waals surface area contributed by atoms with Crippen LogP contribution in [0.25, 0.3) is 0 Å². The lowest BCUT2D eigenvalue weighted by atomic mass is 10.2. The highest BCUT2D eigenvalue weighted by molar-refractivity contribution is 7.12. The van der Waals surface area contributed by atoms with Crippen molar-refractivity contribution in [1.29, 1.82) is 0 Å². The van der Waals surface area contributed by atoms with E-state index in [1.165, 1.54) is 11.3 Å². The van der Waals surface area contributed by atoms with Crippen LogP contribution in [0.15, 0.2) is 6.07 Å². The molecule has 0 bridgehead atoms. The maximum atomic E-state index is 11.8. The van der Waals surface area contributed by atoms with E-state index in [-0.39, 0.29) is 5.91 Å². The van der Waals surface area contributed by atoms with E-state index in [4.69, 9.17) is 5.11 Å². The number of nitrogens with one attached hydrogen (secondary N) is 1. The molecule has 4 nitrogen and oxygen atoms in total. The molecule has 2 N–H and O–H groups in total. The lowest BCUT2D eigenvalue weighted by molar-refractivity contribution is -0.139. The van der Waals surface area contributed by atoms with E-state index in [0.29, 0.717) is 12.0 Å². The van der Waals surface area contributed by atoms with Crippen molar-refractivity contribution >= 4 is 23.2 Å². The molecule has 0 saturated carbocycles. The van der Waals surface area contributed by atoms with Crippen molar-refractivity contribution in [2.45, 2.75) is 33.2 Å². The molecule has 1 rings (SSSR count). The second-order valence-corrected chi connectivity index (χ2v) is 5.06. The van der Waals surface area contributed by atoms with Crippen molar-refractivity contribution in [3.8, 4) is 0 Å². The lowest BCUT2D eigenvalue weighted by Crippen LogP contribution is -2.40. The van der Waals surface area contributed by atoms with Crippen molar-refractivity contribution in [3.63, 3.8) is 0 Å². The van der Waals surface area contributed by atoms with Crippen LogP contribution in [-0.4, -0.2) is 23.0 Å². The number of carbonyl (C=O) groups excluding carboxylic acids is 1. The first-order chi connectivity index (χ1) is 7.45. The zero-order valence-electron chi connectivity index (χ0n) is 9.53. The van der Waals surface area contributed by atoms with Gasteiger partial charge in [-0.25, -0.2) is 4.79 Å². The van der Waals surface area contributed by atoms with E-state index in [2.05, 4.69) is 5.32 Å². The van der Waals surface area contributed by atoms with Crippen LogP contribution in [0.4, 0.5) is 0 Å². The van der Waals surface area contributed by atoms with E-state index in [1.807, 2.05) is 13.8 Å². The van der Waals surface area contributed by atoms with E-state index >= 15 is 0 Å². The summed E-state index contributed by atoms with van der Waals surface area (Å²) < 4.78 is 0. The maximum absolute atomic E-state index is 11.8. The van der Waals surface area contributed by atoms with Crippen LogP contribution in [0.2, 0.25) is 0 Å². The Morgan fingerprint density at radius 2 is 2.12 bits per heavy atom. The van der Waals surface area contributed by atoms with Crippen LogP contribution in [0, 0.1) is 13.8 Å². The Morgan fingerprint density at radius 3 is 2.50 bits per heavy atom. The topological polar surface area (TPSA) is 66.4 Å². The Kier molecular flexibility index (Phi) is 4.06. The van der Waals surface area contributed by atoms with Gasteiger partial charge >= 0.3 is 5.97 Å². The molecule has 88 valence electrons. The quantitative estimate of drug-likeness (QED) is 0.846.